The van der Waals surface area contributed by atoms with Crippen LogP contribution in [-0.4, -0.2) is 73.2 Å². The highest BCUT2D eigenvalue weighted by molar-refractivity contribution is 5.82. The van der Waals surface area contributed by atoms with Gasteiger partial charge in [0.05, 0.1) is 0 Å². The summed E-state index contributed by atoms with van der Waals surface area (Å²) in [5.74, 6) is -6.20. The average molecular weight is 443 g/mol. The molecule has 0 unspecified atom stereocenters. The van der Waals surface area contributed by atoms with Crippen molar-refractivity contribution in [3.8, 4) is 0 Å². The van der Waals surface area contributed by atoms with Crippen molar-refractivity contribution in [2.45, 2.75) is 64.5 Å². The fourth-order valence-electron chi connectivity index (χ4n) is 2.55. The first-order valence-electron chi connectivity index (χ1n) is 8.40. The normalized spacial score (nSPS) is 26.2. The van der Waals surface area contributed by atoms with Gasteiger partial charge in [-0.3, -0.25) is 24.0 Å². The molecule has 14 heteroatoms. The largest absolute Gasteiger partial charge is 0.471 e. The molecule has 1 amide bonds. The minimum absolute atomic E-state index is 0.594. The van der Waals surface area contributed by atoms with Crippen molar-refractivity contribution in [1.82, 2.24) is 5.32 Å². The van der Waals surface area contributed by atoms with Crippen LogP contribution >= 0.6 is 0 Å². The second kappa shape index (κ2) is 10.2. The lowest BCUT2D eigenvalue weighted by Gasteiger charge is -2.44. The van der Waals surface area contributed by atoms with Crippen molar-refractivity contribution in [3.63, 3.8) is 0 Å². The fraction of sp³-hybridized carbons (Fsp3) is 0.688. The van der Waals surface area contributed by atoms with E-state index in [0.717, 1.165) is 27.7 Å². The Morgan fingerprint density at radius 2 is 1.33 bits per heavy atom. The van der Waals surface area contributed by atoms with Gasteiger partial charge in [0.2, 0.25) is 6.29 Å². The molecule has 30 heavy (non-hydrogen) atoms. The smallest absolute Gasteiger partial charge is 0.463 e. The molecule has 0 aromatic carbocycles. The van der Waals surface area contributed by atoms with Crippen molar-refractivity contribution < 1.29 is 60.8 Å². The van der Waals surface area contributed by atoms with Crippen molar-refractivity contribution in [3.05, 3.63) is 0 Å². The van der Waals surface area contributed by atoms with Crippen LogP contribution in [0.3, 0.4) is 0 Å². The number of esters is 4. The standard InChI is InChI=1S/C16H20F3NO10/c1-6(21)26-5-10-12(27-7(2)22)13(28-8(3)23)11(14(30-10)29-9(4)24)20-15(25)16(17,18)19/h10-14H,5H2,1-4H3,(H,20,25)/t10-,11+,12-,13-,14+/m1/s1. The molecule has 0 aromatic rings. The number of ether oxygens (including phenoxy) is 5. The molecule has 0 saturated carbocycles. The molecule has 0 aliphatic carbocycles. The van der Waals surface area contributed by atoms with Crippen molar-refractivity contribution >= 4 is 29.8 Å². The summed E-state index contributed by atoms with van der Waals surface area (Å²) in [6.07, 6.45) is -12.0. The SMILES string of the molecule is CC(=O)OC[C@H]1O[C@H](OC(C)=O)[C@@H](NC(=O)C(F)(F)F)[C@@H](OC(C)=O)[C@@H]1OC(C)=O. The second-order valence-electron chi connectivity index (χ2n) is 6.10. The third-order valence-electron chi connectivity index (χ3n) is 3.54. The molecule has 1 rings (SSSR count). The first kappa shape index (κ1) is 25.1. The minimum Gasteiger partial charge on any atom is -0.463 e. The first-order valence-corrected chi connectivity index (χ1v) is 8.40. The van der Waals surface area contributed by atoms with Crippen LogP contribution in [0.2, 0.25) is 0 Å². The Kier molecular flexibility index (Phi) is 8.57. The minimum atomic E-state index is -5.34. The van der Waals surface area contributed by atoms with E-state index in [1.807, 2.05) is 0 Å². The molecule has 0 bridgehead atoms. The Morgan fingerprint density at radius 3 is 1.77 bits per heavy atom. The van der Waals surface area contributed by atoms with Gasteiger partial charge in [-0.25, -0.2) is 0 Å². The van der Waals surface area contributed by atoms with E-state index in [1.54, 1.807) is 0 Å². The molecule has 1 N–H and O–H groups in total. The third-order valence-corrected chi connectivity index (χ3v) is 3.54. The molecular formula is C16H20F3NO10. The van der Waals surface area contributed by atoms with E-state index in [1.165, 1.54) is 5.32 Å². The van der Waals surface area contributed by atoms with Gasteiger partial charge in [-0.2, -0.15) is 13.2 Å². The molecule has 1 saturated heterocycles. The van der Waals surface area contributed by atoms with Crippen LogP contribution in [0.4, 0.5) is 13.2 Å². The highest BCUT2D eigenvalue weighted by atomic mass is 19.4. The summed E-state index contributed by atoms with van der Waals surface area (Å²) in [5, 5.41) is 1.52. The summed E-state index contributed by atoms with van der Waals surface area (Å²) in [5.41, 5.74) is 0. The first-order chi connectivity index (χ1) is 13.7. The van der Waals surface area contributed by atoms with E-state index in [9.17, 15) is 37.1 Å². The van der Waals surface area contributed by atoms with E-state index in [-0.39, 0.29) is 0 Å². The Balaban J connectivity index is 3.39. The van der Waals surface area contributed by atoms with Crippen LogP contribution in [0.25, 0.3) is 0 Å². The van der Waals surface area contributed by atoms with Crippen LogP contribution in [0, 0.1) is 0 Å². The molecule has 1 fully saturated rings. The van der Waals surface area contributed by atoms with Gasteiger partial charge in [-0.15, -0.1) is 0 Å². The monoisotopic (exact) mass is 443 g/mol. The van der Waals surface area contributed by atoms with Crippen molar-refractivity contribution in [2.24, 2.45) is 0 Å². The zero-order valence-electron chi connectivity index (χ0n) is 16.3. The molecule has 11 nitrogen and oxygen atoms in total. The lowest BCUT2D eigenvalue weighted by atomic mass is 9.96. The molecule has 5 atom stereocenters. The Hall–Kier alpha value is -2.90. The summed E-state index contributed by atoms with van der Waals surface area (Å²) >= 11 is 0. The summed E-state index contributed by atoms with van der Waals surface area (Å²) in [7, 11) is 0. The maximum absolute atomic E-state index is 12.8. The van der Waals surface area contributed by atoms with Crippen LogP contribution in [0.1, 0.15) is 27.7 Å². The number of hydrogen-bond donors (Lipinski definition) is 1. The van der Waals surface area contributed by atoms with Crippen LogP contribution in [-0.2, 0) is 47.7 Å². The van der Waals surface area contributed by atoms with Crippen LogP contribution in [0.5, 0.6) is 0 Å². The zero-order chi connectivity index (χ0) is 23.2. The second-order valence-corrected chi connectivity index (χ2v) is 6.10. The number of carbonyl (C=O) groups excluding carboxylic acids is 5. The molecule has 1 aliphatic heterocycles. The lowest BCUT2D eigenvalue weighted by molar-refractivity contribution is -0.272. The number of alkyl halides is 3. The van der Waals surface area contributed by atoms with Gasteiger partial charge in [0.15, 0.2) is 12.2 Å². The highest BCUT2D eigenvalue weighted by Crippen LogP contribution is 2.29. The Bertz CT molecular complexity index is 695. The van der Waals surface area contributed by atoms with Gasteiger partial charge in [0, 0.05) is 27.7 Å². The Morgan fingerprint density at radius 1 is 0.833 bits per heavy atom. The lowest BCUT2D eigenvalue weighted by Crippen LogP contribution is -2.67. The molecule has 0 spiro atoms. The van der Waals surface area contributed by atoms with Gasteiger partial charge >= 0.3 is 36.0 Å². The highest BCUT2D eigenvalue weighted by Gasteiger charge is 2.54. The molecule has 170 valence electrons. The van der Waals surface area contributed by atoms with E-state index in [2.05, 4.69) is 0 Å². The van der Waals surface area contributed by atoms with E-state index >= 15 is 0 Å². The summed E-state index contributed by atoms with van der Waals surface area (Å²) < 4.78 is 63.2. The quantitative estimate of drug-likeness (QED) is 0.431. The predicted octanol–water partition coefficient (Wildman–Crippen LogP) is -0.252. The molecule has 1 aliphatic rings. The van der Waals surface area contributed by atoms with E-state index < -0.39 is 73.2 Å². The van der Waals surface area contributed by atoms with Gasteiger partial charge < -0.3 is 29.0 Å². The average Bonchev–Trinajstić information content (AvgIpc) is 2.56. The summed E-state index contributed by atoms with van der Waals surface area (Å²) in [4.78, 5) is 57.0. The van der Waals surface area contributed by atoms with Crippen molar-refractivity contribution in [2.75, 3.05) is 6.61 Å². The molecular weight excluding hydrogens is 423 g/mol. The number of hydrogen-bond acceptors (Lipinski definition) is 10. The van der Waals surface area contributed by atoms with Crippen LogP contribution < -0.4 is 5.32 Å². The van der Waals surface area contributed by atoms with Gasteiger partial charge in [0.1, 0.15) is 18.8 Å². The summed E-state index contributed by atoms with van der Waals surface area (Å²) in [6, 6.07) is -1.91. The van der Waals surface area contributed by atoms with Gasteiger partial charge in [-0.1, -0.05) is 0 Å². The zero-order valence-corrected chi connectivity index (χ0v) is 16.3. The predicted molar refractivity (Wildman–Crippen MR) is 86.2 cm³/mol. The maximum Gasteiger partial charge on any atom is 0.471 e. The topological polar surface area (TPSA) is 144 Å². The number of halogens is 3. The van der Waals surface area contributed by atoms with Gasteiger partial charge in [0.25, 0.3) is 0 Å². The molecule has 1 heterocycles. The summed E-state index contributed by atoms with van der Waals surface area (Å²) in [6.45, 7) is 3.22. The van der Waals surface area contributed by atoms with Crippen LogP contribution in [0.15, 0.2) is 0 Å². The van der Waals surface area contributed by atoms with E-state index in [4.69, 9.17) is 23.7 Å². The molecule has 0 radical (unpaired) electrons. The molecule has 0 aromatic heterocycles. The number of rotatable bonds is 6. The van der Waals surface area contributed by atoms with Gasteiger partial charge in [-0.05, 0) is 0 Å². The Labute approximate surface area is 168 Å². The third kappa shape index (κ3) is 7.50. The number of amides is 1. The fourth-order valence-corrected chi connectivity index (χ4v) is 2.55. The van der Waals surface area contributed by atoms with E-state index in [0.29, 0.717) is 0 Å². The number of nitrogens with one attached hydrogen (secondary N) is 1. The van der Waals surface area contributed by atoms with Crippen molar-refractivity contribution in [1.29, 1.82) is 0 Å². The number of carbonyl (C=O) groups is 5. The maximum atomic E-state index is 12.8.